The lowest BCUT2D eigenvalue weighted by Crippen LogP contribution is -2.57. The van der Waals surface area contributed by atoms with Crippen LogP contribution >= 0.6 is 22.7 Å². The first-order chi connectivity index (χ1) is 54.1. The summed E-state index contributed by atoms with van der Waals surface area (Å²) < 4.78 is 5.95. The monoisotopic (exact) mass is 1580 g/mol. The van der Waals surface area contributed by atoms with Crippen LogP contribution in [-0.4, -0.2) is 159 Å². The van der Waals surface area contributed by atoms with Gasteiger partial charge in [-0.05, 0) is 95.3 Å². The summed E-state index contributed by atoms with van der Waals surface area (Å²) in [6.45, 7) is 3.98. The zero-order chi connectivity index (χ0) is 81.0. The Labute approximate surface area is 660 Å². The van der Waals surface area contributed by atoms with Crippen molar-refractivity contribution in [2.75, 3.05) is 26.2 Å². The second kappa shape index (κ2) is 39.5. The van der Waals surface area contributed by atoms with E-state index in [-0.39, 0.29) is 101 Å². The van der Waals surface area contributed by atoms with Crippen molar-refractivity contribution in [3.05, 3.63) is 186 Å². The smallest absolute Gasteiger partial charge is 0.306 e. The number of ketones is 4. The van der Waals surface area contributed by atoms with Gasteiger partial charge in [0.05, 0.1) is 47.0 Å². The van der Waals surface area contributed by atoms with E-state index in [2.05, 4.69) is 52.5 Å². The normalized spacial score (nSPS) is 21.7. The van der Waals surface area contributed by atoms with E-state index in [4.69, 9.17) is 10.5 Å². The van der Waals surface area contributed by atoms with Gasteiger partial charge >= 0.3 is 5.97 Å². The predicted molar refractivity (Wildman–Crippen MR) is 417 cm³/mol. The average Bonchev–Trinajstić information content (AvgIpc) is 1.62. The summed E-state index contributed by atoms with van der Waals surface area (Å²) in [5.74, 6) is -14.6. The highest BCUT2D eigenvalue weighted by Crippen LogP contribution is 2.45. The predicted octanol–water partition coefficient (Wildman–Crippen LogP) is 4.89. The first kappa shape index (κ1) is 83.8. The number of Topliss-reactive ketones (excluding diaryl/α,β-unsaturated/α-hetero) is 4. The molecule has 5 aromatic carbocycles. The summed E-state index contributed by atoms with van der Waals surface area (Å²) >= 11 is 2.51. The van der Waals surface area contributed by atoms with Crippen LogP contribution in [0.4, 0.5) is 0 Å². The Bertz CT molecular complexity index is 4690. The molecular weight excluding hydrogens is 1490 g/mol. The molecule has 0 fully saturated rings. The zero-order valence-corrected chi connectivity index (χ0v) is 64.8. The molecule has 12 N–H and O–H groups in total. The Morgan fingerprint density at radius 1 is 0.549 bits per heavy atom. The number of fused-ring (bicyclic) bond motifs is 11. The SMILES string of the molecule is C[C@@H]1CC(=O)[C@H](C)NC(=O)[C@@H](CC(=O)OCC2c3ccccc3-c3ccccc32)Cc2ccc(O)c(c2)Cc2cnc(s2)CCC(=O)NC[C@@H](C(=O)N[C@H]2Cc3ccc(O)c(c3)Cc3cnc(s3)CCC(=O)NC[C@@H](C(=O)C[C@@H](Cc3ccccc3)C(N)=O)NC(=O)CCC(=O)[C@H](C)NC(=O)[C@H](C)CC2=O)NC(=O)CNC1=O. The molecule has 7 aromatic rings. The molecule has 0 spiro atoms. The minimum absolute atomic E-state index is 0.00198. The molecule has 9 amide bonds. The number of amides is 9. The second-order valence-electron chi connectivity index (χ2n) is 29.1. The Morgan fingerprint density at radius 2 is 1.07 bits per heavy atom. The Kier molecular flexibility index (Phi) is 29.3. The fourth-order valence-corrected chi connectivity index (χ4v) is 15.7. The zero-order valence-electron chi connectivity index (χ0n) is 63.1. The van der Waals surface area contributed by atoms with Gasteiger partial charge in [0.25, 0.3) is 0 Å². The first-order valence-corrected chi connectivity index (χ1v) is 39.3. The molecular formula is C83H93N11O17S2. The minimum Gasteiger partial charge on any atom is -0.508 e. The van der Waals surface area contributed by atoms with Crippen molar-refractivity contribution in [2.24, 2.45) is 29.4 Å². The Balaban J connectivity index is 0.840. The van der Waals surface area contributed by atoms with Crippen LogP contribution in [0.15, 0.2) is 128 Å². The van der Waals surface area contributed by atoms with Crippen LogP contribution in [0, 0.1) is 23.7 Å². The van der Waals surface area contributed by atoms with Crippen molar-refractivity contribution in [3.63, 3.8) is 0 Å². The molecule has 0 saturated carbocycles. The van der Waals surface area contributed by atoms with Crippen molar-refractivity contribution in [3.8, 4) is 22.6 Å². The van der Waals surface area contributed by atoms with Gasteiger partial charge < -0.3 is 63.2 Å². The average molecular weight is 1580 g/mol. The first-order valence-electron chi connectivity index (χ1n) is 37.7. The van der Waals surface area contributed by atoms with Crippen LogP contribution < -0.4 is 48.3 Å². The third-order valence-corrected chi connectivity index (χ3v) is 22.4. The largest absolute Gasteiger partial charge is 0.508 e. The number of hydrogen-bond donors (Lipinski definition) is 11. The number of ether oxygens (including phenoxy) is 1. The summed E-state index contributed by atoms with van der Waals surface area (Å²) in [6, 6.07) is 27.0. The number of primary amides is 1. The number of aromatic nitrogens is 2. The molecule has 30 heteroatoms. The van der Waals surface area contributed by atoms with E-state index in [1.807, 2.05) is 48.5 Å². The van der Waals surface area contributed by atoms with Crippen molar-refractivity contribution in [1.82, 2.24) is 52.5 Å². The lowest BCUT2D eigenvalue weighted by Gasteiger charge is -2.25. The standard InChI is InChI=1S/C83H93N11O17S2/c1-45-28-69(98)48(4)91-82(109)55(38-78(105)111-44-62-60-16-10-8-14-58(60)59-15-9-11-17-61(59)62)33-50-18-20-67(96)52(31-50)35-56-39-87-77(112-56)27-25-73(102)86-42-65(93-75(104)43-89-80(45)107)83(110)94-63-34-51-19-21-68(97)53(32-51)36-57-40-88-76(113-57)26-24-72(101)85-41-64(71(100)37-54(79(84)106)30-49-12-6-5-7-13-49)92-74(103)23-22-66(95)47(3)90-81(108)46(2)29-70(63)99/h5-21,31-32,39-40,45-48,54-55,62-65,96-97H,22-30,33-38,41-44H2,1-4H3,(H2,84,106)(H,85,101)(H,86,102)(H,89,107)(H,90,108)(H,91,109)(H,92,103)(H,93,104)(H,94,110)/t45-,46-,47+,48+,54-,55-,63+,64+,65+/m1/s1. The van der Waals surface area contributed by atoms with E-state index < -0.39 is 175 Å². The molecule has 3 aliphatic rings. The molecule has 4 heterocycles. The number of nitrogens with zero attached hydrogens (tertiary/aromatic N) is 2. The lowest BCUT2D eigenvalue weighted by atomic mass is 9.91. The fourth-order valence-electron chi connectivity index (χ4n) is 13.8. The van der Waals surface area contributed by atoms with Crippen LogP contribution in [0.25, 0.3) is 11.1 Å². The molecule has 28 nitrogen and oxygen atoms in total. The number of carbonyl (C=O) groups excluding carboxylic acids is 14. The molecule has 1 aliphatic carbocycles. The van der Waals surface area contributed by atoms with Crippen LogP contribution in [-0.2, 0) is 117 Å². The van der Waals surface area contributed by atoms with Gasteiger partial charge in [0, 0.05) is 130 Å². The quantitative estimate of drug-likeness (QED) is 0.0725. The number of aryl methyl sites for hydroxylation is 2. The van der Waals surface area contributed by atoms with Crippen LogP contribution in [0.2, 0.25) is 0 Å². The van der Waals surface area contributed by atoms with Gasteiger partial charge in [-0.15, -0.1) is 22.7 Å². The van der Waals surface area contributed by atoms with Gasteiger partial charge in [-0.25, -0.2) is 9.97 Å². The van der Waals surface area contributed by atoms with E-state index in [1.54, 1.807) is 60.9 Å². The number of phenols is 2. The fraction of sp³-hybridized carbons (Fsp3) is 0.398. The van der Waals surface area contributed by atoms with Gasteiger partial charge in [-0.2, -0.15) is 0 Å². The molecule has 9 atom stereocenters. The van der Waals surface area contributed by atoms with E-state index in [9.17, 15) is 77.3 Å². The van der Waals surface area contributed by atoms with Crippen LogP contribution in [0.5, 0.6) is 11.5 Å². The summed E-state index contributed by atoms with van der Waals surface area (Å²) in [7, 11) is 0. The summed E-state index contributed by atoms with van der Waals surface area (Å²) in [4.78, 5) is 205. The number of nitrogens with one attached hydrogen (secondary N) is 8. The number of rotatable bonds is 12. The van der Waals surface area contributed by atoms with Crippen molar-refractivity contribution in [1.29, 1.82) is 0 Å². The molecule has 594 valence electrons. The number of benzene rings is 5. The third-order valence-electron chi connectivity index (χ3n) is 20.3. The number of nitrogens with two attached hydrogens (primary N) is 1. The number of carbonyl (C=O) groups is 14. The van der Waals surface area contributed by atoms with Crippen LogP contribution in [0.3, 0.4) is 0 Å². The number of phenolic OH excluding ortho intramolecular Hbond substituents is 2. The lowest BCUT2D eigenvalue weighted by molar-refractivity contribution is -0.147. The maximum atomic E-state index is 14.9. The minimum atomic E-state index is -1.65. The Hall–Kier alpha value is -11.7. The highest BCUT2D eigenvalue weighted by Gasteiger charge is 2.36. The van der Waals surface area contributed by atoms with Crippen molar-refractivity contribution < 1.29 is 82.1 Å². The van der Waals surface area contributed by atoms with E-state index in [0.29, 0.717) is 42.0 Å². The molecule has 113 heavy (non-hydrogen) atoms. The van der Waals surface area contributed by atoms with E-state index in [0.717, 1.165) is 27.8 Å². The van der Waals surface area contributed by atoms with Gasteiger partial charge in [0.15, 0.2) is 23.1 Å². The molecule has 8 bridgehead atoms. The molecule has 0 unspecified atom stereocenters. The van der Waals surface area contributed by atoms with Gasteiger partial charge in [0.2, 0.25) is 53.2 Å². The van der Waals surface area contributed by atoms with Crippen molar-refractivity contribution >= 4 is 105 Å². The number of hydrogen-bond acceptors (Lipinski definition) is 21. The highest BCUT2D eigenvalue weighted by molar-refractivity contribution is 7.11. The maximum absolute atomic E-state index is 14.9. The number of aromatic hydroxyl groups is 2. The molecule has 2 aliphatic heterocycles. The Morgan fingerprint density at radius 3 is 1.67 bits per heavy atom. The molecule has 0 radical (unpaired) electrons. The van der Waals surface area contributed by atoms with E-state index in [1.165, 1.54) is 68.6 Å². The number of thiazole rings is 2. The topological polar surface area (TPSA) is 437 Å². The second-order valence-corrected chi connectivity index (χ2v) is 31.5. The number of esters is 1. The van der Waals surface area contributed by atoms with Crippen molar-refractivity contribution in [2.45, 2.75) is 160 Å². The van der Waals surface area contributed by atoms with Gasteiger partial charge in [-0.3, -0.25) is 67.1 Å². The van der Waals surface area contributed by atoms with Crippen LogP contribution in [0.1, 0.15) is 144 Å². The molecule has 10 rings (SSSR count). The summed E-state index contributed by atoms with van der Waals surface area (Å²) in [5.41, 5.74) is 12.4. The van der Waals surface area contributed by atoms with E-state index >= 15 is 0 Å². The van der Waals surface area contributed by atoms with Gasteiger partial charge in [0.1, 0.15) is 30.2 Å². The molecule has 2 aromatic heterocycles. The summed E-state index contributed by atoms with van der Waals surface area (Å²) in [5, 5.41) is 44.5. The summed E-state index contributed by atoms with van der Waals surface area (Å²) in [6.07, 6.45) is 0.686. The third kappa shape index (κ3) is 23.9. The molecule has 0 saturated heterocycles. The van der Waals surface area contributed by atoms with Gasteiger partial charge in [-0.1, -0.05) is 117 Å². The maximum Gasteiger partial charge on any atom is 0.306 e. The highest BCUT2D eigenvalue weighted by atomic mass is 32.1.